The Morgan fingerprint density at radius 1 is 1.19 bits per heavy atom. The van der Waals surface area contributed by atoms with E-state index < -0.39 is 8.30 Å². The summed E-state index contributed by atoms with van der Waals surface area (Å²) in [7, 11) is 0.454. The molecule has 2 aliphatic rings. The first-order valence-corrected chi connectivity index (χ1v) is 10.9. The summed E-state index contributed by atoms with van der Waals surface area (Å²) in [6, 6.07) is 9.85. The number of piperidine rings is 1. The van der Waals surface area contributed by atoms with Crippen LogP contribution in [0, 0.1) is 0 Å². The van der Waals surface area contributed by atoms with Crippen molar-refractivity contribution in [2.45, 2.75) is 37.9 Å². The summed E-state index contributed by atoms with van der Waals surface area (Å²) >= 11 is 0. The molecule has 2 heterocycles. The van der Waals surface area contributed by atoms with Crippen molar-refractivity contribution in [2.24, 2.45) is 0 Å². The van der Waals surface area contributed by atoms with E-state index >= 15 is 0 Å². The molecule has 0 radical (unpaired) electrons. The lowest BCUT2D eigenvalue weighted by Gasteiger charge is -2.36. The number of amides is 1. The van der Waals surface area contributed by atoms with Gasteiger partial charge in [0.15, 0.2) is 0 Å². The number of likely N-dealkylation sites (tertiary alicyclic amines) is 1. The summed E-state index contributed by atoms with van der Waals surface area (Å²) in [5.74, 6) is -0.0752. The number of carbonyl (C=O) groups excluding carboxylic acids is 1. The molecule has 6 nitrogen and oxygen atoms in total. The zero-order valence-corrected chi connectivity index (χ0v) is 16.5. The lowest BCUT2D eigenvalue weighted by molar-refractivity contribution is -0.196. The zero-order chi connectivity index (χ0) is 18.4. The van der Waals surface area contributed by atoms with Gasteiger partial charge < -0.3 is 9.79 Å². The van der Waals surface area contributed by atoms with Gasteiger partial charge in [-0.3, -0.25) is 14.3 Å². The second-order valence-corrected chi connectivity index (χ2v) is 9.05. The van der Waals surface area contributed by atoms with Crippen LogP contribution in [0.3, 0.4) is 0 Å². The van der Waals surface area contributed by atoms with Crippen molar-refractivity contribution in [1.82, 2.24) is 14.6 Å². The number of hydroxylamine groups is 2. The van der Waals surface area contributed by atoms with E-state index in [1.54, 1.807) is 0 Å². The summed E-state index contributed by atoms with van der Waals surface area (Å²) in [6.45, 7) is 5.06. The molecule has 2 aliphatic heterocycles. The number of hydrogen-bond acceptors (Lipinski definition) is 5. The molecule has 2 unspecified atom stereocenters. The summed E-state index contributed by atoms with van der Waals surface area (Å²) in [6.07, 6.45) is 4.14. The van der Waals surface area contributed by atoms with E-state index in [1.807, 2.05) is 42.0 Å². The molecule has 0 aliphatic carbocycles. The molecule has 1 aromatic carbocycles. The fourth-order valence-corrected chi connectivity index (χ4v) is 5.04. The van der Waals surface area contributed by atoms with Gasteiger partial charge in [-0.05, 0) is 51.4 Å². The molecule has 7 heteroatoms. The molecule has 144 valence electrons. The van der Waals surface area contributed by atoms with Crippen LogP contribution in [0.5, 0.6) is 0 Å². The molecule has 3 rings (SSSR count). The molecule has 0 saturated carbocycles. The third-order valence-electron chi connectivity index (χ3n) is 5.17. The molecular formula is C19H30N3O3P. The van der Waals surface area contributed by atoms with E-state index in [9.17, 15) is 9.69 Å². The first-order chi connectivity index (χ1) is 12.6. The Balaban J connectivity index is 1.49. The second kappa shape index (κ2) is 9.77. The Hall–Kier alpha value is -1.04. The van der Waals surface area contributed by atoms with Gasteiger partial charge in [0.1, 0.15) is 14.9 Å². The van der Waals surface area contributed by atoms with Gasteiger partial charge in [0.2, 0.25) is 0 Å². The van der Waals surface area contributed by atoms with Gasteiger partial charge in [-0.25, -0.2) is 5.06 Å². The van der Waals surface area contributed by atoms with Crippen molar-refractivity contribution in [3.05, 3.63) is 35.9 Å². The van der Waals surface area contributed by atoms with Crippen molar-refractivity contribution in [3.63, 3.8) is 0 Å². The highest BCUT2D eigenvalue weighted by molar-refractivity contribution is 7.50. The molecule has 0 bridgehead atoms. The van der Waals surface area contributed by atoms with Gasteiger partial charge in [-0.2, -0.15) is 0 Å². The molecule has 2 atom stereocenters. The van der Waals surface area contributed by atoms with Crippen molar-refractivity contribution in [2.75, 3.05) is 39.8 Å². The van der Waals surface area contributed by atoms with Crippen LogP contribution in [0.15, 0.2) is 30.3 Å². The first-order valence-electron chi connectivity index (χ1n) is 9.55. The van der Waals surface area contributed by atoms with Crippen LogP contribution in [-0.4, -0.2) is 70.9 Å². The molecule has 1 aromatic rings. The Morgan fingerprint density at radius 3 is 2.65 bits per heavy atom. The van der Waals surface area contributed by atoms with E-state index in [2.05, 4.69) is 4.90 Å². The van der Waals surface area contributed by atoms with E-state index in [1.165, 1.54) is 17.9 Å². The number of nitrogens with zero attached hydrogens (tertiary/aromatic N) is 3. The minimum atomic E-state index is -1.48. The zero-order valence-electron chi connectivity index (χ0n) is 15.6. The van der Waals surface area contributed by atoms with Crippen LogP contribution >= 0.6 is 8.30 Å². The van der Waals surface area contributed by atoms with Crippen LogP contribution in [0.2, 0.25) is 0 Å². The summed E-state index contributed by atoms with van der Waals surface area (Å²) in [5.41, 5.74) is 0.689. The van der Waals surface area contributed by atoms with Crippen molar-refractivity contribution in [1.29, 1.82) is 0 Å². The maximum absolute atomic E-state index is 12.8. The second-order valence-electron chi connectivity index (χ2n) is 7.11. The highest BCUT2D eigenvalue weighted by atomic mass is 31.2. The molecule has 26 heavy (non-hydrogen) atoms. The van der Waals surface area contributed by atoms with Gasteiger partial charge in [0.05, 0.1) is 5.66 Å². The van der Waals surface area contributed by atoms with Gasteiger partial charge in [-0.15, -0.1) is 0 Å². The van der Waals surface area contributed by atoms with Crippen LogP contribution in [0.25, 0.3) is 0 Å². The van der Waals surface area contributed by atoms with Crippen molar-refractivity contribution >= 4 is 14.2 Å². The number of rotatable bonds is 8. The third-order valence-corrected chi connectivity index (χ3v) is 7.10. The van der Waals surface area contributed by atoms with Gasteiger partial charge >= 0.3 is 0 Å². The smallest absolute Gasteiger partial charge is 0.257 e. The summed E-state index contributed by atoms with van der Waals surface area (Å²) in [5, 5.41) is 1.46. The van der Waals surface area contributed by atoms with Crippen LogP contribution in [0.1, 0.15) is 31.2 Å². The fraction of sp³-hybridized carbons (Fsp3) is 0.632. The number of hydrogen-bond donors (Lipinski definition) is 1. The standard InChI is InChI=1S/C19H30N3O3P/c1-20(14-15-21-11-5-6-12-21)26(24)18-10-7-13-22(19(18)23)25-16-17-8-3-2-4-9-17/h2-4,8-9,18,24H,5-7,10-16H2,1H3. The van der Waals surface area contributed by atoms with Gasteiger partial charge in [0.25, 0.3) is 5.91 Å². The normalized spacial score (nSPS) is 23.0. The highest BCUT2D eigenvalue weighted by Crippen LogP contribution is 2.44. The Labute approximate surface area is 157 Å². The summed E-state index contributed by atoms with van der Waals surface area (Å²) in [4.78, 5) is 31.7. The van der Waals surface area contributed by atoms with Crippen LogP contribution in [0.4, 0.5) is 0 Å². The molecule has 2 fully saturated rings. The minimum absolute atomic E-state index is 0.0752. The average Bonchev–Trinajstić information content (AvgIpc) is 3.19. The molecule has 1 amide bonds. The van der Waals surface area contributed by atoms with Crippen molar-refractivity contribution < 1.29 is 14.5 Å². The number of carbonyl (C=O) groups is 1. The molecular weight excluding hydrogens is 349 g/mol. The van der Waals surface area contributed by atoms with Crippen LogP contribution < -0.4 is 0 Å². The predicted molar refractivity (Wildman–Crippen MR) is 103 cm³/mol. The van der Waals surface area contributed by atoms with Crippen LogP contribution in [-0.2, 0) is 16.2 Å². The maximum Gasteiger partial charge on any atom is 0.257 e. The average molecular weight is 379 g/mol. The first kappa shape index (κ1) is 19.7. The Bertz CT molecular complexity index is 568. The monoisotopic (exact) mass is 379 g/mol. The largest absolute Gasteiger partial charge is 0.358 e. The third kappa shape index (κ3) is 5.24. The van der Waals surface area contributed by atoms with E-state index in [4.69, 9.17) is 4.84 Å². The molecule has 0 aromatic heterocycles. The predicted octanol–water partition coefficient (Wildman–Crippen LogP) is 2.44. The Kier molecular flexibility index (Phi) is 7.41. The molecule has 1 N–H and O–H groups in total. The lowest BCUT2D eigenvalue weighted by Crippen LogP contribution is -2.45. The minimum Gasteiger partial charge on any atom is -0.358 e. The quantitative estimate of drug-likeness (QED) is 0.703. The lowest BCUT2D eigenvalue weighted by atomic mass is 10.1. The highest BCUT2D eigenvalue weighted by Gasteiger charge is 2.37. The van der Waals surface area contributed by atoms with Gasteiger partial charge in [0, 0.05) is 19.6 Å². The van der Waals surface area contributed by atoms with E-state index in [0.717, 1.165) is 44.6 Å². The topological polar surface area (TPSA) is 56.3 Å². The Morgan fingerprint density at radius 2 is 1.92 bits per heavy atom. The van der Waals surface area contributed by atoms with E-state index in [0.29, 0.717) is 13.2 Å². The van der Waals surface area contributed by atoms with E-state index in [-0.39, 0.29) is 11.6 Å². The number of benzene rings is 1. The molecule has 0 spiro atoms. The summed E-state index contributed by atoms with van der Waals surface area (Å²) < 4.78 is 1.97. The van der Waals surface area contributed by atoms with Gasteiger partial charge in [-0.1, -0.05) is 30.3 Å². The maximum atomic E-state index is 12.8. The SMILES string of the molecule is CN(CCN1CCCC1)P(O)C1CCCN(OCc2ccccc2)C1=O. The fourth-order valence-electron chi connectivity index (χ4n) is 3.53. The van der Waals surface area contributed by atoms with Crippen molar-refractivity contribution in [3.8, 4) is 0 Å². The number of likely N-dealkylation sites (N-methyl/N-ethyl adjacent to an activating group) is 1. The molecule has 2 saturated heterocycles.